The SMILES string of the molecule is O=C1C(=O)N(CN2CCC(C(=O)N3CCCC3)CC2)c2cccc(Br)c21. The second-order valence-corrected chi connectivity index (χ2v) is 8.12. The highest BCUT2D eigenvalue weighted by Gasteiger charge is 2.39. The van der Waals surface area contributed by atoms with Gasteiger partial charge in [0, 0.05) is 36.6 Å². The summed E-state index contributed by atoms with van der Waals surface area (Å²) in [6, 6.07) is 5.43. The second kappa shape index (κ2) is 7.12. The summed E-state index contributed by atoms with van der Waals surface area (Å²) in [6.45, 7) is 3.74. The smallest absolute Gasteiger partial charge is 0.300 e. The molecular formula is C19H22BrN3O3. The van der Waals surface area contributed by atoms with Gasteiger partial charge in [0.1, 0.15) is 0 Å². The molecule has 26 heavy (non-hydrogen) atoms. The first kappa shape index (κ1) is 17.7. The molecule has 1 aromatic rings. The number of fused-ring (bicyclic) bond motifs is 1. The van der Waals surface area contributed by atoms with Gasteiger partial charge in [0.25, 0.3) is 5.78 Å². The lowest BCUT2D eigenvalue weighted by molar-refractivity contribution is -0.136. The molecule has 2 fully saturated rings. The van der Waals surface area contributed by atoms with E-state index in [1.807, 2.05) is 17.0 Å². The number of likely N-dealkylation sites (tertiary alicyclic amines) is 2. The summed E-state index contributed by atoms with van der Waals surface area (Å²) < 4.78 is 0.658. The molecule has 3 heterocycles. The van der Waals surface area contributed by atoms with Crippen LogP contribution in [-0.4, -0.2) is 60.2 Å². The van der Waals surface area contributed by atoms with E-state index < -0.39 is 11.7 Å². The van der Waals surface area contributed by atoms with Crippen LogP contribution in [0.25, 0.3) is 0 Å². The van der Waals surface area contributed by atoms with Gasteiger partial charge in [0.15, 0.2) is 0 Å². The molecular weight excluding hydrogens is 398 g/mol. The molecule has 4 rings (SSSR count). The molecule has 2 saturated heterocycles. The van der Waals surface area contributed by atoms with Gasteiger partial charge in [-0.1, -0.05) is 6.07 Å². The van der Waals surface area contributed by atoms with Gasteiger partial charge in [-0.15, -0.1) is 0 Å². The van der Waals surface area contributed by atoms with Crippen molar-refractivity contribution >= 4 is 39.2 Å². The van der Waals surface area contributed by atoms with Crippen LogP contribution < -0.4 is 4.90 Å². The lowest BCUT2D eigenvalue weighted by atomic mass is 9.95. The van der Waals surface area contributed by atoms with E-state index in [0.29, 0.717) is 28.3 Å². The first-order chi connectivity index (χ1) is 12.6. The van der Waals surface area contributed by atoms with Gasteiger partial charge in [0.2, 0.25) is 5.91 Å². The third-order valence-electron chi connectivity index (χ3n) is 5.64. The van der Waals surface area contributed by atoms with Crippen molar-refractivity contribution in [3.05, 3.63) is 28.2 Å². The largest absolute Gasteiger partial charge is 0.342 e. The lowest BCUT2D eigenvalue weighted by Crippen LogP contribution is -2.46. The number of carbonyl (C=O) groups is 3. The number of amides is 2. The maximum atomic E-state index is 12.5. The highest BCUT2D eigenvalue weighted by atomic mass is 79.9. The molecule has 0 aromatic heterocycles. The Balaban J connectivity index is 1.39. The molecule has 0 bridgehead atoms. The number of ketones is 1. The summed E-state index contributed by atoms with van der Waals surface area (Å²) in [5.74, 6) is -0.528. The Hall–Kier alpha value is -1.73. The topological polar surface area (TPSA) is 60.9 Å². The number of hydrogen-bond donors (Lipinski definition) is 0. The van der Waals surface area contributed by atoms with Gasteiger partial charge in [-0.3, -0.25) is 24.2 Å². The summed E-state index contributed by atoms with van der Waals surface area (Å²) in [7, 11) is 0. The average molecular weight is 420 g/mol. The number of anilines is 1. The normalized spacial score (nSPS) is 21.6. The van der Waals surface area contributed by atoms with E-state index in [0.717, 1.165) is 51.9 Å². The van der Waals surface area contributed by atoms with Crippen LogP contribution in [0.15, 0.2) is 22.7 Å². The third kappa shape index (κ3) is 3.07. The molecule has 0 atom stereocenters. The quantitative estimate of drug-likeness (QED) is 0.705. The molecule has 3 aliphatic heterocycles. The number of nitrogens with zero attached hydrogens (tertiary/aromatic N) is 3. The predicted octanol–water partition coefficient (Wildman–Crippen LogP) is 2.27. The predicted molar refractivity (Wildman–Crippen MR) is 101 cm³/mol. The van der Waals surface area contributed by atoms with E-state index in [-0.39, 0.29) is 5.92 Å². The number of rotatable bonds is 3. The molecule has 0 unspecified atom stereocenters. The summed E-state index contributed by atoms with van der Waals surface area (Å²) in [4.78, 5) is 42.9. The monoisotopic (exact) mass is 419 g/mol. The van der Waals surface area contributed by atoms with E-state index in [9.17, 15) is 14.4 Å². The van der Waals surface area contributed by atoms with Crippen molar-refractivity contribution in [2.45, 2.75) is 25.7 Å². The number of halogens is 1. The summed E-state index contributed by atoms with van der Waals surface area (Å²) in [5, 5.41) is 0. The number of Topliss-reactive ketones (excluding diaryl/α,β-unsaturated/α-hetero) is 1. The van der Waals surface area contributed by atoms with Crippen LogP contribution in [0.1, 0.15) is 36.0 Å². The van der Waals surface area contributed by atoms with E-state index in [1.54, 1.807) is 11.0 Å². The van der Waals surface area contributed by atoms with Gasteiger partial charge < -0.3 is 4.90 Å². The zero-order valence-electron chi connectivity index (χ0n) is 14.6. The summed E-state index contributed by atoms with van der Waals surface area (Å²) >= 11 is 3.37. The average Bonchev–Trinajstić information content (AvgIpc) is 3.26. The Morgan fingerprint density at radius 1 is 1.08 bits per heavy atom. The molecule has 0 radical (unpaired) electrons. The minimum Gasteiger partial charge on any atom is -0.342 e. The van der Waals surface area contributed by atoms with Crippen LogP contribution in [0.4, 0.5) is 5.69 Å². The number of hydrogen-bond acceptors (Lipinski definition) is 4. The first-order valence-corrected chi connectivity index (χ1v) is 10.0. The fraction of sp³-hybridized carbons (Fsp3) is 0.526. The van der Waals surface area contributed by atoms with E-state index >= 15 is 0 Å². The van der Waals surface area contributed by atoms with Crippen molar-refractivity contribution in [3.8, 4) is 0 Å². The molecule has 138 valence electrons. The fourth-order valence-electron chi connectivity index (χ4n) is 4.16. The molecule has 0 saturated carbocycles. The Bertz CT molecular complexity index is 752. The van der Waals surface area contributed by atoms with Gasteiger partial charge >= 0.3 is 5.91 Å². The highest BCUT2D eigenvalue weighted by Crippen LogP contribution is 2.34. The Morgan fingerprint density at radius 3 is 2.46 bits per heavy atom. The van der Waals surface area contributed by atoms with Crippen LogP contribution in [0.3, 0.4) is 0 Å². The third-order valence-corrected chi connectivity index (χ3v) is 6.31. The molecule has 3 aliphatic rings. The van der Waals surface area contributed by atoms with Crippen molar-refractivity contribution in [3.63, 3.8) is 0 Å². The van der Waals surface area contributed by atoms with E-state index in [1.165, 1.54) is 0 Å². The van der Waals surface area contributed by atoms with Crippen molar-refractivity contribution in [2.75, 3.05) is 37.7 Å². The standard InChI is InChI=1S/C19H22BrN3O3/c20-14-4-3-5-15-16(14)17(24)19(26)23(15)12-21-10-6-13(7-11-21)18(25)22-8-1-2-9-22/h3-5,13H,1-2,6-12H2. The number of benzene rings is 1. The molecule has 0 N–H and O–H groups in total. The van der Waals surface area contributed by atoms with Crippen molar-refractivity contribution in [2.24, 2.45) is 5.92 Å². The molecule has 0 spiro atoms. The second-order valence-electron chi connectivity index (χ2n) is 7.26. The van der Waals surface area contributed by atoms with Gasteiger partial charge in [-0.25, -0.2) is 0 Å². The molecule has 1 aromatic carbocycles. The molecule has 0 aliphatic carbocycles. The Morgan fingerprint density at radius 2 is 1.77 bits per heavy atom. The minimum absolute atomic E-state index is 0.0988. The van der Waals surface area contributed by atoms with Gasteiger partial charge in [-0.05, 0) is 53.7 Å². The van der Waals surface area contributed by atoms with Crippen LogP contribution in [0.5, 0.6) is 0 Å². The van der Waals surface area contributed by atoms with Crippen LogP contribution in [-0.2, 0) is 9.59 Å². The maximum Gasteiger partial charge on any atom is 0.300 e. The first-order valence-electron chi connectivity index (χ1n) is 9.22. The van der Waals surface area contributed by atoms with Crippen LogP contribution in [0.2, 0.25) is 0 Å². The van der Waals surface area contributed by atoms with E-state index in [2.05, 4.69) is 20.8 Å². The van der Waals surface area contributed by atoms with Gasteiger partial charge in [0.05, 0.1) is 17.9 Å². The van der Waals surface area contributed by atoms with Crippen LogP contribution in [0, 0.1) is 5.92 Å². The van der Waals surface area contributed by atoms with Crippen LogP contribution >= 0.6 is 15.9 Å². The van der Waals surface area contributed by atoms with Gasteiger partial charge in [-0.2, -0.15) is 0 Å². The summed E-state index contributed by atoms with van der Waals surface area (Å²) in [5.41, 5.74) is 1.13. The fourth-order valence-corrected chi connectivity index (χ4v) is 4.69. The van der Waals surface area contributed by atoms with Crippen molar-refractivity contribution < 1.29 is 14.4 Å². The van der Waals surface area contributed by atoms with Crippen molar-refractivity contribution in [1.29, 1.82) is 0 Å². The Kier molecular flexibility index (Phi) is 4.84. The highest BCUT2D eigenvalue weighted by molar-refractivity contribution is 9.10. The zero-order valence-corrected chi connectivity index (χ0v) is 16.2. The zero-order chi connectivity index (χ0) is 18.3. The number of carbonyl (C=O) groups excluding carboxylic acids is 3. The Labute approximate surface area is 161 Å². The van der Waals surface area contributed by atoms with Crippen molar-refractivity contribution in [1.82, 2.24) is 9.80 Å². The van der Waals surface area contributed by atoms with E-state index in [4.69, 9.17) is 0 Å². The maximum absolute atomic E-state index is 12.5. The lowest BCUT2D eigenvalue weighted by Gasteiger charge is -2.35. The summed E-state index contributed by atoms with van der Waals surface area (Å²) in [6.07, 6.45) is 3.86. The molecule has 6 nitrogen and oxygen atoms in total. The minimum atomic E-state index is -0.470. The number of piperidine rings is 1. The molecule has 2 amide bonds. The molecule has 7 heteroatoms.